The quantitative estimate of drug-likeness (QED) is 0.211. The van der Waals surface area contributed by atoms with Gasteiger partial charge in [-0.15, -0.1) is 0 Å². The SMILES string of the molecule is CCCCCCCCC(CCCCCC)Cn1c2cc(Cl)ccc2c2ccc(Cl)cc21. The van der Waals surface area contributed by atoms with Crippen molar-refractivity contribution < 1.29 is 0 Å². The van der Waals surface area contributed by atoms with Crippen LogP contribution < -0.4 is 0 Å². The van der Waals surface area contributed by atoms with Gasteiger partial charge < -0.3 is 4.57 Å². The van der Waals surface area contributed by atoms with E-state index in [-0.39, 0.29) is 0 Å². The summed E-state index contributed by atoms with van der Waals surface area (Å²) in [5.74, 6) is 0.708. The fourth-order valence-corrected chi connectivity index (χ4v) is 5.23. The van der Waals surface area contributed by atoms with Gasteiger partial charge in [-0.1, -0.05) is 113 Å². The third-order valence-corrected chi connectivity index (χ3v) is 7.13. The summed E-state index contributed by atoms with van der Waals surface area (Å²) in [6.07, 6.45) is 16.2. The molecular formula is C28H39Cl2N. The van der Waals surface area contributed by atoms with Crippen LogP contribution in [0.25, 0.3) is 21.8 Å². The highest BCUT2D eigenvalue weighted by molar-refractivity contribution is 6.32. The van der Waals surface area contributed by atoms with Gasteiger partial charge in [0.15, 0.2) is 0 Å². The molecule has 0 fully saturated rings. The summed E-state index contributed by atoms with van der Waals surface area (Å²) in [5, 5.41) is 4.16. The number of hydrogen-bond acceptors (Lipinski definition) is 0. The summed E-state index contributed by atoms with van der Waals surface area (Å²) in [6.45, 7) is 5.64. The Bertz CT molecular complexity index is 884. The molecule has 0 saturated heterocycles. The van der Waals surface area contributed by atoms with Crippen LogP contribution >= 0.6 is 23.2 Å². The van der Waals surface area contributed by atoms with Gasteiger partial charge >= 0.3 is 0 Å². The second-order valence-corrected chi connectivity index (χ2v) is 10.1. The van der Waals surface area contributed by atoms with Crippen LogP contribution in [0.5, 0.6) is 0 Å². The van der Waals surface area contributed by atoms with Gasteiger partial charge in [0.2, 0.25) is 0 Å². The molecule has 0 spiro atoms. The highest BCUT2D eigenvalue weighted by Gasteiger charge is 2.16. The van der Waals surface area contributed by atoms with Gasteiger partial charge in [0.05, 0.1) is 11.0 Å². The number of fused-ring (bicyclic) bond motifs is 3. The molecule has 1 nitrogen and oxygen atoms in total. The molecule has 1 heterocycles. The number of hydrogen-bond donors (Lipinski definition) is 0. The molecule has 0 radical (unpaired) electrons. The second-order valence-electron chi connectivity index (χ2n) is 9.21. The van der Waals surface area contributed by atoms with E-state index in [0.29, 0.717) is 5.92 Å². The minimum atomic E-state index is 0.708. The van der Waals surface area contributed by atoms with Crippen LogP contribution in [0.3, 0.4) is 0 Å². The highest BCUT2D eigenvalue weighted by atomic mass is 35.5. The first-order chi connectivity index (χ1) is 15.1. The van der Waals surface area contributed by atoms with Crippen LogP contribution in [0.2, 0.25) is 10.0 Å². The van der Waals surface area contributed by atoms with Gasteiger partial charge in [-0.05, 0) is 43.0 Å². The van der Waals surface area contributed by atoms with Crippen molar-refractivity contribution in [3.63, 3.8) is 0 Å². The van der Waals surface area contributed by atoms with Crippen molar-refractivity contribution >= 4 is 45.0 Å². The van der Waals surface area contributed by atoms with E-state index in [9.17, 15) is 0 Å². The van der Waals surface area contributed by atoms with Crippen molar-refractivity contribution in [1.82, 2.24) is 4.57 Å². The lowest BCUT2D eigenvalue weighted by Gasteiger charge is -2.20. The van der Waals surface area contributed by atoms with Crippen LogP contribution in [-0.4, -0.2) is 4.57 Å². The molecule has 3 heteroatoms. The highest BCUT2D eigenvalue weighted by Crippen LogP contribution is 2.34. The van der Waals surface area contributed by atoms with Crippen LogP contribution in [0.4, 0.5) is 0 Å². The largest absolute Gasteiger partial charge is 0.340 e. The smallest absolute Gasteiger partial charge is 0.0506 e. The maximum atomic E-state index is 6.41. The Labute approximate surface area is 199 Å². The van der Waals surface area contributed by atoms with Gasteiger partial charge in [0.25, 0.3) is 0 Å². The molecule has 1 aromatic heterocycles. The summed E-state index contributed by atoms with van der Waals surface area (Å²) in [6, 6.07) is 12.6. The Hall–Kier alpha value is -1.18. The second kappa shape index (κ2) is 12.8. The number of aromatic nitrogens is 1. The predicted molar refractivity (Wildman–Crippen MR) is 140 cm³/mol. The van der Waals surface area contributed by atoms with Gasteiger partial charge in [0.1, 0.15) is 0 Å². The van der Waals surface area contributed by atoms with E-state index in [1.165, 1.54) is 98.9 Å². The Kier molecular flexibility index (Phi) is 10.1. The zero-order chi connectivity index (χ0) is 22.1. The molecule has 0 saturated carbocycles. The average molecular weight is 461 g/mol. The minimum Gasteiger partial charge on any atom is -0.340 e. The van der Waals surface area contributed by atoms with Gasteiger partial charge in [-0.3, -0.25) is 0 Å². The number of nitrogens with zero attached hydrogens (tertiary/aromatic N) is 1. The lowest BCUT2D eigenvalue weighted by molar-refractivity contribution is 0.365. The first-order valence-electron chi connectivity index (χ1n) is 12.5. The normalized spacial score (nSPS) is 12.8. The molecule has 170 valence electrons. The number of unbranched alkanes of at least 4 members (excludes halogenated alkanes) is 8. The topological polar surface area (TPSA) is 4.93 Å². The van der Waals surface area contributed by atoms with E-state index >= 15 is 0 Å². The fraction of sp³-hybridized carbons (Fsp3) is 0.571. The monoisotopic (exact) mass is 459 g/mol. The summed E-state index contributed by atoms with van der Waals surface area (Å²) >= 11 is 12.8. The maximum Gasteiger partial charge on any atom is 0.0506 e. The van der Waals surface area contributed by atoms with Crippen LogP contribution in [-0.2, 0) is 6.54 Å². The molecule has 0 aliphatic rings. The summed E-state index contributed by atoms with van der Waals surface area (Å²) in [4.78, 5) is 0. The van der Waals surface area contributed by atoms with Crippen molar-refractivity contribution in [2.75, 3.05) is 0 Å². The van der Waals surface area contributed by atoms with E-state index in [2.05, 4.69) is 42.7 Å². The van der Waals surface area contributed by atoms with E-state index in [1.54, 1.807) is 0 Å². The predicted octanol–water partition coefficient (Wildman–Crippen LogP) is 10.4. The molecular weight excluding hydrogens is 421 g/mol. The van der Waals surface area contributed by atoms with E-state index < -0.39 is 0 Å². The van der Waals surface area contributed by atoms with Crippen LogP contribution in [0.1, 0.15) is 90.9 Å². The van der Waals surface area contributed by atoms with Gasteiger partial charge in [-0.25, -0.2) is 0 Å². The Balaban J connectivity index is 1.80. The molecule has 3 aromatic rings. The average Bonchev–Trinajstić information content (AvgIpc) is 3.05. The molecule has 0 aliphatic carbocycles. The van der Waals surface area contributed by atoms with Crippen molar-refractivity contribution in [1.29, 1.82) is 0 Å². The molecule has 1 unspecified atom stereocenters. The molecule has 0 aliphatic heterocycles. The van der Waals surface area contributed by atoms with Gasteiger partial charge in [0, 0.05) is 27.4 Å². The molecule has 3 rings (SSSR count). The summed E-state index contributed by atoms with van der Waals surface area (Å²) in [5.41, 5.74) is 2.48. The molecule has 0 bridgehead atoms. The zero-order valence-corrected chi connectivity index (χ0v) is 20.9. The third kappa shape index (κ3) is 6.90. The number of halogens is 2. The summed E-state index contributed by atoms with van der Waals surface area (Å²) in [7, 11) is 0. The van der Waals surface area contributed by atoms with Crippen molar-refractivity contribution in [2.24, 2.45) is 5.92 Å². The maximum absolute atomic E-state index is 6.41. The summed E-state index contributed by atoms with van der Waals surface area (Å²) < 4.78 is 2.49. The Morgan fingerprint density at radius 1 is 0.645 bits per heavy atom. The molecule has 0 N–H and O–H groups in total. The van der Waals surface area contributed by atoms with Crippen molar-refractivity contribution in [2.45, 2.75) is 97.4 Å². The van der Waals surface area contributed by atoms with E-state index in [4.69, 9.17) is 23.2 Å². The van der Waals surface area contributed by atoms with Crippen molar-refractivity contribution in [3.05, 3.63) is 46.4 Å². The van der Waals surface area contributed by atoms with Crippen LogP contribution in [0.15, 0.2) is 36.4 Å². The lowest BCUT2D eigenvalue weighted by atomic mass is 9.94. The molecule has 31 heavy (non-hydrogen) atoms. The fourth-order valence-electron chi connectivity index (χ4n) is 4.90. The lowest BCUT2D eigenvalue weighted by Crippen LogP contribution is -2.11. The first kappa shape index (κ1) is 24.5. The number of rotatable bonds is 14. The minimum absolute atomic E-state index is 0.708. The zero-order valence-electron chi connectivity index (χ0n) is 19.4. The molecule has 0 amide bonds. The standard InChI is InChI=1S/C28H39Cl2N/c1-3-5-7-9-10-12-14-22(13-11-8-6-4-2)21-31-27-19-23(29)15-17-25(27)26-18-16-24(30)20-28(26)31/h15-20,22H,3-14,21H2,1-2H3. The Morgan fingerprint density at radius 3 is 1.61 bits per heavy atom. The molecule has 2 aromatic carbocycles. The third-order valence-electron chi connectivity index (χ3n) is 6.66. The Morgan fingerprint density at radius 2 is 1.10 bits per heavy atom. The number of benzene rings is 2. The van der Waals surface area contributed by atoms with Gasteiger partial charge in [-0.2, -0.15) is 0 Å². The van der Waals surface area contributed by atoms with E-state index in [1.807, 2.05) is 12.1 Å². The first-order valence-corrected chi connectivity index (χ1v) is 13.3. The van der Waals surface area contributed by atoms with E-state index in [0.717, 1.165) is 16.6 Å². The van der Waals surface area contributed by atoms with Crippen LogP contribution in [0, 0.1) is 5.92 Å². The molecule has 1 atom stereocenters. The van der Waals surface area contributed by atoms with Crippen molar-refractivity contribution in [3.8, 4) is 0 Å².